The van der Waals surface area contributed by atoms with E-state index in [-0.39, 0.29) is 5.91 Å². The number of aromatic nitrogens is 2. The Kier molecular flexibility index (Phi) is 7.42. The Morgan fingerprint density at radius 3 is 2.22 bits per heavy atom. The van der Waals surface area contributed by atoms with Crippen LogP contribution in [0.3, 0.4) is 0 Å². The zero-order chi connectivity index (χ0) is 28.3. The highest BCUT2D eigenvalue weighted by molar-refractivity contribution is 6.35. The molecule has 202 valence electrons. The van der Waals surface area contributed by atoms with Crippen molar-refractivity contribution >= 4 is 46.6 Å². The molecule has 4 aromatic carbocycles. The van der Waals surface area contributed by atoms with Crippen molar-refractivity contribution in [3.63, 3.8) is 0 Å². The molecule has 2 heterocycles. The van der Waals surface area contributed by atoms with Crippen molar-refractivity contribution in [3.8, 4) is 22.7 Å². The lowest BCUT2D eigenvalue weighted by Gasteiger charge is -2.11. The van der Waals surface area contributed by atoms with Crippen LogP contribution >= 0.6 is 23.2 Å². The van der Waals surface area contributed by atoms with Gasteiger partial charge in [0.05, 0.1) is 28.4 Å². The van der Waals surface area contributed by atoms with Crippen molar-refractivity contribution in [1.82, 2.24) is 9.78 Å². The zero-order valence-corrected chi connectivity index (χ0v) is 23.5. The third kappa shape index (κ3) is 5.66. The number of ether oxygens (including phenoxy) is 1. The standard InChI is InChI=1S/C33H24Cl2N4O2/c1-22-30(33(40)39(36-22)28-10-6-3-7-11-28)18-25-20-38(27-8-4-2-5-9-27)37-32(25)23-13-16-29(17-14-23)41-21-24-12-15-26(34)19-31(24)35/h2-20H,21H2,1H3/b30-18-. The van der Waals surface area contributed by atoms with Gasteiger partial charge in [0.15, 0.2) is 0 Å². The van der Waals surface area contributed by atoms with E-state index in [1.807, 2.05) is 115 Å². The van der Waals surface area contributed by atoms with Crippen molar-refractivity contribution in [3.05, 3.63) is 136 Å². The Morgan fingerprint density at radius 1 is 0.854 bits per heavy atom. The fourth-order valence-corrected chi connectivity index (χ4v) is 4.99. The van der Waals surface area contributed by atoms with Gasteiger partial charge in [-0.05, 0) is 73.7 Å². The summed E-state index contributed by atoms with van der Waals surface area (Å²) >= 11 is 12.3. The van der Waals surface area contributed by atoms with Crippen molar-refractivity contribution in [2.24, 2.45) is 5.10 Å². The van der Waals surface area contributed by atoms with Crippen LogP contribution in [0.25, 0.3) is 23.0 Å². The van der Waals surface area contributed by atoms with Crippen LogP contribution < -0.4 is 9.75 Å². The van der Waals surface area contributed by atoms with E-state index in [9.17, 15) is 4.79 Å². The normalized spacial score (nSPS) is 14.0. The molecule has 0 saturated heterocycles. The summed E-state index contributed by atoms with van der Waals surface area (Å²) in [6.07, 6.45) is 3.79. The molecular weight excluding hydrogens is 555 g/mol. The van der Waals surface area contributed by atoms with E-state index in [1.165, 1.54) is 5.01 Å². The highest BCUT2D eigenvalue weighted by atomic mass is 35.5. The summed E-state index contributed by atoms with van der Waals surface area (Å²) in [7, 11) is 0. The molecule has 0 bridgehead atoms. The molecule has 41 heavy (non-hydrogen) atoms. The number of halogens is 2. The molecule has 6 nitrogen and oxygen atoms in total. The second-order valence-electron chi connectivity index (χ2n) is 9.46. The molecule has 0 fully saturated rings. The van der Waals surface area contributed by atoms with Crippen LogP contribution in [-0.4, -0.2) is 21.4 Å². The van der Waals surface area contributed by atoms with Crippen LogP contribution in [0.2, 0.25) is 10.0 Å². The highest BCUT2D eigenvalue weighted by Gasteiger charge is 2.29. The van der Waals surface area contributed by atoms with Gasteiger partial charge >= 0.3 is 0 Å². The minimum Gasteiger partial charge on any atom is -0.489 e. The predicted octanol–water partition coefficient (Wildman–Crippen LogP) is 8.23. The molecule has 0 saturated carbocycles. The Hall–Kier alpha value is -4.65. The van der Waals surface area contributed by atoms with Crippen molar-refractivity contribution in [2.45, 2.75) is 13.5 Å². The molecule has 1 amide bonds. The first-order valence-electron chi connectivity index (χ1n) is 13.0. The fraction of sp³-hybridized carbons (Fsp3) is 0.0606. The van der Waals surface area contributed by atoms with Gasteiger partial charge in [0.1, 0.15) is 12.4 Å². The minimum absolute atomic E-state index is 0.184. The Bertz CT molecular complexity index is 1780. The SMILES string of the molecule is CC1=NN(c2ccccc2)C(=O)/C1=C\c1cn(-c2ccccc2)nc1-c1ccc(OCc2ccc(Cl)cc2Cl)cc1. The van der Waals surface area contributed by atoms with E-state index in [0.29, 0.717) is 33.7 Å². The molecule has 0 atom stereocenters. The molecule has 0 aliphatic carbocycles. The average Bonchev–Trinajstić information content (AvgIpc) is 3.55. The van der Waals surface area contributed by atoms with Gasteiger partial charge < -0.3 is 4.74 Å². The lowest BCUT2D eigenvalue weighted by Crippen LogP contribution is -2.21. The van der Waals surface area contributed by atoms with E-state index in [4.69, 9.17) is 33.0 Å². The van der Waals surface area contributed by atoms with E-state index >= 15 is 0 Å². The Morgan fingerprint density at radius 2 is 1.54 bits per heavy atom. The number of hydrogen-bond acceptors (Lipinski definition) is 4. The van der Waals surface area contributed by atoms with Crippen LogP contribution in [0.15, 0.2) is 120 Å². The maximum Gasteiger partial charge on any atom is 0.280 e. The number of carbonyl (C=O) groups excluding carboxylic acids is 1. The number of nitrogens with zero attached hydrogens (tertiary/aromatic N) is 4. The van der Waals surface area contributed by atoms with Crippen molar-refractivity contribution in [2.75, 3.05) is 5.01 Å². The van der Waals surface area contributed by atoms with Gasteiger partial charge in [0.25, 0.3) is 5.91 Å². The quantitative estimate of drug-likeness (QED) is 0.183. The number of hydrogen-bond donors (Lipinski definition) is 0. The predicted molar refractivity (Wildman–Crippen MR) is 165 cm³/mol. The molecular formula is C33H24Cl2N4O2. The van der Waals surface area contributed by atoms with Crippen LogP contribution in [0.5, 0.6) is 5.75 Å². The third-order valence-corrected chi connectivity index (χ3v) is 7.25. The Labute approximate surface area is 247 Å². The molecule has 0 radical (unpaired) electrons. The molecule has 0 N–H and O–H groups in total. The smallest absolute Gasteiger partial charge is 0.280 e. The molecule has 1 aliphatic rings. The monoisotopic (exact) mass is 578 g/mol. The highest BCUT2D eigenvalue weighted by Crippen LogP contribution is 2.31. The molecule has 1 aliphatic heterocycles. The average molecular weight is 579 g/mol. The maximum atomic E-state index is 13.4. The first-order chi connectivity index (χ1) is 20.0. The summed E-state index contributed by atoms with van der Waals surface area (Å²) < 4.78 is 7.78. The largest absolute Gasteiger partial charge is 0.489 e. The minimum atomic E-state index is -0.184. The summed E-state index contributed by atoms with van der Waals surface area (Å²) in [5.41, 5.74) is 6.03. The number of para-hydroxylation sites is 2. The molecule has 0 unspecified atom stereocenters. The second-order valence-corrected chi connectivity index (χ2v) is 10.3. The van der Waals surface area contributed by atoms with Gasteiger partial charge in [-0.2, -0.15) is 15.2 Å². The van der Waals surface area contributed by atoms with E-state index < -0.39 is 0 Å². The van der Waals surface area contributed by atoms with Crippen LogP contribution in [-0.2, 0) is 11.4 Å². The van der Waals surface area contributed by atoms with E-state index in [1.54, 1.807) is 12.1 Å². The van der Waals surface area contributed by atoms with Gasteiger partial charge in [-0.15, -0.1) is 0 Å². The van der Waals surface area contributed by atoms with Crippen LogP contribution in [0.1, 0.15) is 18.1 Å². The van der Waals surface area contributed by atoms with Gasteiger partial charge in [-0.1, -0.05) is 65.7 Å². The first kappa shape index (κ1) is 26.6. The molecule has 5 aromatic rings. The number of hydrazone groups is 1. The third-order valence-electron chi connectivity index (χ3n) is 6.66. The van der Waals surface area contributed by atoms with E-state index in [2.05, 4.69) is 5.10 Å². The summed E-state index contributed by atoms with van der Waals surface area (Å²) in [6.45, 7) is 2.15. The molecule has 8 heteroatoms. The maximum absolute atomic E-state index is 13.4. The second kappa shape index (κ2) is 11.5. The summed E-state index contributed by atoms with van der Waals surface area (Å²) in [4.78, 5) is 13.4. The van der Waals surface area contributed by atoms with Crippen molar-refractivity contribution in [1.29, 1.82) is 0 Å². The lowest BCUT2D eigenvalue weighted by molar-refractivity contribution is -0.114. The number of carbonyl (C=O) groups is 1. The Balaban J connectivity index is 1.32. The molecule has 1 aromatic heterocycles. The van der Waals surface area contributed by atoms with Gasteiger partial charge in [0, 0.05) is 32.9 Å². The zero-order valence-electron chi connectivity index (χ0n) is 22.0. The summed E-state index contributed by atoms with van der Waals surface area (Å²) in [5.74, 6) is 0.506. The first-order valence-corrected chi connectivity index (χ1v) is 13.7. The number of anilines is 1. The summed E-state index contributed by atoms with van der Waals surface area (Å²) in [5, 5.41) is 12.0. The van der Waals surface area contributed by atoms with Gasteiger partial charge in [-0.3, -0.25) is 4.79 Å². The summed E-state index contributed by atoms with van der Waals surface area (Å²) in [6, 6.07) is 32.3. The van der Waals surface area contributed by atoms with Crippen molar-refractivity contribution < 1.29 is 9.53 Å². The molecule has 0 spiro atoms. The number of amides is 1. The number of rotatable bonds is 7. The van der Waals surface area contributed by atoms with Crippen LogP contribution in [0.4, 0.5) is 5.69 Å². The fourth-order valence-electron chi connectivity index (χ4n) is 4.52. The van der Waals surface area contributed by atoms with Crippen LogP contribution in [0, 0.1) is 0 Å². The number of benzene rings is 4. The topological polar surface area (TPSA) is 59.7 Å². The molecule has 6 rings (SSSR count). The van der Waals surface area contributed by atoms with E-state index in [0.717, 1.165) is 33.8 Å². The van der Waals surface area contributed by atoms with Gasteiger partial charge in [0.2, 0.25) is 0 Å². The lowest BCUT2D eigenvalue weighted by atomic mass is 10.0. The van der Waals surface area contributed by atoms with Gasteiger partial charge in [-0.25, -0.2) is 4.68 Å².